The van der Waals surface area contributed by atoms with Crippen LogP contribution in [0, 0.1) is 11.6 Å². The third kappa shape index (κ3) is 3.49. The van der Waals surface area contributed by atoms with Crippen molar-refractivity contribution in [2.24, 2.45) is 0 Å². The summed E-state index contributed by atoms with van der Waals surface area (Å²) in [5.41, 5.74) is 1.25. The number of anilines is 1. The van der Waals surface area contributed by atoms with E-state index in [2.05, 4.69) is 21.2 Å². The molecule has 2 aromatic carbocycles. The molecule has 2 aromatic rings. The minimum atomic E-state index is -0.621. The van der Waals surface area contributed by atoms with Crippen LogP contribution in [0.2, 0.25) is 5.02 Å². The summed E-state index contributed by atoms with van der Waals surface area (Å²) in [5.74, 6) is -1.23. The largest absolute Gasteiger partial charge is 0.375 e. The second-order valence-electron chi connectivity index (χ2n) is 4.40. The van der Waals surface area contributed by atoms with Crippen molar-refractivity contribution in [3.05, 3.63) is 63.1 Å². The van der Waals surface area contributed by atoms with Crippen LogP contribution in [-0.4, -0.2) is 0 Å². The molecule has 0 saturated heterocycles. The smallest absolute Gasteiger partial charge is 0.150 e. The van der Waals surface area contributed by atoms with E-state index in [0.717, 1.165) is 18.1 Å². The summed E-state index contributed by atoms with van der Waals surface area (Å²) in [6, 6.07) is 9.37. The molecule has 106 valence electrons. The Kier molecular flexibility index (Phi) is 5.00. The molecule has 0 fully saturated rings. The highest BCUT2D eigenvalue weighted by atomic mass is 79.9. The van der Waals surface area contributed by atoms with E-state index in [9.17, 15) is 8.78 Å². The molecule has 20 heavy (non-hydrogen) atoms. The average molecular weight is 361 g/mol. The van der Waals surface area contributed by atoms with Gasteiger partial charge >= 0.3 is 0 Å². The van der Waals surface area contributed by atoms with Gasteiger partial charge in [0.05, 0.1) is 11.7 Å². The summed E-state index contributed by atoms with van der Waals surface area (Å²) in [7, 11) is 0. The van der Waals surface area contributed by atoms with Crippen LogP contribution in [0.15, 0.2) is 40.9 Å². The third-order valence-corrected chi connectivity index (χ3v) is 3.88. The van der Waals surface area contributed by atoms with Gasteiger partial charge in [0.25, 0.3) is 0 Å². The van der Waals surface area contributed by atoms with Gasteiger partial charge in [0.15, 0.2) is 0 Å². The Morgan fingerprint density at radius 3 is 2.40 bits per heavy atom. The zero-order valence-electron chi connectivity index (χ0n) is 10.8. The Balaban J connectivity index is 2.29. The van der Waals surface area contributed by atoms with Crippen LogP contribution in [0.25, 0.3) is 0 Å². The summed E-state index contributed by atoms with van der Waals surface area (Å²) in [4.78, 5) is 0. The second-order valence-corrected chi connectivity index (χ2v) is 5.69. The first-order chi connectivity index (χ1) is 9.51. The monoisotopic (exact) mass is 359 g/mol. The number of halogens is 4. The van der Waals surface area contributed by atoms with Crippen LogP contribution in [0.5, 0.6) is 0 Å². The highest BCUT2D eigenvalue weighted by Crippen LogP contribution is 2.31. The summed E-state index contributed by atoms with van der Waals surface area (Å²) in [6.45, 7) is 1.99. The predicted molar refractivity (Wildman–Crippen MR) is 82.2 cm³/mol. The van der Waals surface area contributed by atoms with Gasteiger partial charge in [-0.15, -0.1) is 0 Å². The van der Waals surface area contributed by atoms with Crippen molar-refractivity contribution in [3.8, 4) is 0 Å². The zero-order valence-corrected chi connectivity index (χ0v) is 13.1. The maximum atomic E-state index is 13.8. The molecular weight excluding hydrogens is 348 g/mol. The molecule has 0 spiro atoms. The second kappa shape index (κ2) is 6.55. The molecule has 5 heteroatoms. The van der Waals surface area contributed by atoms with Crippen molar-refractivity contribution in [2.45, 2.75) is 19.4 Å². The SMILES string of the molecule is CCC(Nc1c(F)cc(F)cc1Br)c1ccc(Cl)cc1. The van der Waals surface area contributed by atoms with Crippen LogP contribution < -0.4 is 5.32 Å². The van der Waals surface area contributed by atoms with Gasteiger partial charge in [-0.1, -0.05) is 30.7 Å². The highest BCUT2D eigenvalue weighted by Gasteiger charge is 2.15. The maximum Gasteiger partial charge on any atom is 0.150 e. The predicted octanol–water partition coefficient (Wildman–Crippen LogP) is 5.94. The molecule has 0 saturated carbocycles. The molecule has 2 rings (SSSR count). The Morgan fingerprint density at radius 2 is 1.85 bits per heavy atom. The lowest BCUT2D eigenvalue weighted by atomic mass is 10.0. The number of rotatable bonds is 4. The number of hydrogen-bond acceptors (Lipinski definition) is 1. The Hall–Kier alpha value is -1.13. The van der Waals surface area contributed by atoms with Gasteiger partial charge in [0, 0.05) is 15.6 Å². The van der Waals surface area contributed by atoms with E-state index in [4.69, 9.17) is 11.6 Å². The molecule has 0 radical (unpaired) electrons. The van der Waals surface area contributed by atoms with E-state index in [-0.39, 0.29) is 11.7 Å². The summed E-state index contributed by atoms with van der Waals surface area (Å²) < 4.78 is 27.3. The van der Waals surface area contributed by atoms with Crippen molar-refractivity contribution in [1.29, 1.82) is 0 Å². The molecule has 0 aliphatic rings. The first kappa shape index (κ1) is 15.3. The molecule has 0 bridgehead atoms. The standard InChI is InChI=1S/C15H13BrClF2N/c1-2-14(9-3-5-10(17)6-4-9)20-15-12(16)7-11(18)8-13(15)19/h3-8,14,20H,2H2,1H3. The zero-order chi connectivity index (χ0) is 14.7. The van der Waals surface area contributed by atoms with E-state index in [1.807, 2.05) is 19.1 Å². The number of benzene rings is 2. The van der Waals surface area contributed by atoms with E-state index in [1.54, 1.807) is 12.1 Å². The quantitative estimate of drug-likeness (QED) is 0.711. The van der Waals surface area contributed by atoms with Crippen molar-refractivity contribution >= 4 is 33.2 Å². The first-order valence-corrected chi connectivity index (χ1v) is 7.35. The molecule has 1 N–H and O–H groups in total. The lowest BCUT2D eigenvalue weighted by molar-refractivity contribution is 0.581. The van der Waals surface area contributed by atoms with Crippen LogP contribution in [0.3, 0.4) is 0 Å². The fourth-order valence-corrected chi connectivity index (χ4v) is 2.62. The van der Waals surface area contributed by atoms with Gasteiger partial charge < -0.3 is 5.32 Å². The highest BCUT2D eigenvalue weighted by molar-refractivity contribution is 9.10. The number of nitrogens with one attached hydrogen (secondary N) is 1. The van der Waals surface area contributed by atoms with Gasteiger partial charge in [-0.3, -0.25) is 0 Å². The first-order valence-electron chi connectivity index (χ1n) is 6.17. The summed E-state index contributed by atoms with van der Waals surface area (Å²) in [5, 5.41) is 3.75. The van der Waals surface area contributed by atoms with E-state index >= 15 is 0 Å². The molecule has 0 aliphatic carbocycles. The van der Waals surface area contributed by atoms with Crippen LogP contribution in [0.1, 0.15) is 24.9 Å². The number of hydrogen-bond donors (Lipinski definition) is 1. The fourth-order valence-electron chi connectivity index (χ4n) is 1.97. The van der Waals surface area contributed by atoms with Crippen LogP contribution >= 0.6 is 27.5 Å². The minimum Gasteiger partial charge on any atom is -0.375 e. The molecular formula is C15H13BrClF2N. The van der Waals surface area contributed by atoms with E-state index < -0.39 is 11.6 Å². The minimum absolute atomic E-state index is 0.0801. The van der Waals surface area contributed by atoms with Gasteiger partial charge in [-0.2, -0.15) is 0 Å². The van der Waals surface area contributed by atoms with E-state index in [0.29, 0.717) is 9.50 Å². The van der Waals surface area contributed by atoms with Crippen molar-refractivity contribution < 1.29 is 8.78 Å². The van der Waals surface area contributed by atoms with Crippen molar-refractivity contribution in [2.75, 3.05) is 5.32 Å². The lowest BCUT2D eigenvalue weighted by Crippen LogP contribution is -2.11. The van der Waals surface area contributed by atoms with Crippen molar-refractivity contribution in [1.82, 2.24) is 0 Å². The van der Waals surface area contributed by atoms with Crippen LogP contribution in [0.4, 0.5) is 14.5 Å². The molecule has 0 amide bonds. The Bertz CT molecular complexity index is 578. The van der Waals surface area contributed by atoms with Gasteiger partial charge in [0.2, 0.25) is 0 Å². The Labute approximate surface area is 130 Å². The molecule has 0 heterocycles. The summed E-state index contributed by atoms with van der Waals surface area (Å²) in [6.07, 6.45) is 0.755. The third-order valence-electron chi connectivity index (χ3n) is 3.01. The molecule has 1 atom stereocenters. The normalized spacial score (nSPS) is 12.2. The topological polar surface area (TPSA) is 12.0 Å². The molecule has 1 unspecified atom stereocenters. The molecule has 0 aromatic heterocycles. The fraction of sp³-hybridized carbons (Fsp3) is 0.200. The maximum absolute atomic E-state index is 13.8. The van der Waals surface area contributed by atoms with Gasteiger partial charge in [-0.05, 0) is 46.1 Å². The van der Waals surface area contributed by atoms with Gasteiger partial charge in [0.1, 0.15) is 11.6 Å². The van der Waals surface area contributed by atoms with Crippen LogP contribution in [-0.2, 0) is 0 Å². The molecule has 1 nitrogen and oxygen atoms in total. The van der Waals surface area contributed by atoms with Gasteiger partial charge in [-0.25, -0.2) is 8.78 Å². The average Bonchev–Trinajstić information content (AvgIpc) is 2.39. The lowest BCUT2D eigenvalue weighted by Gasteiger charge is -2.20. The Morgan fingerprint density at radius 1 is 1.20 bits per heavy atom. The van der Waals surface area contributed by atoms with E-state index in [1.165, 1.54) is 6.07 Å². The van der Waals surface area contributed by atoms with Crippen molar-refractivity contribution in [3.63, 3.8) is 0 Å². The summed E-state index contributed by atoms with van der Waals surface area (Å²) >= 11 is 9.03. The molecule has 0 aliphatic heterocycles.